The van der Waals surface area contributed by atoms with E-state index in [0.29, 0.717) is 18.9 Å². The van der Waals surface area contributed by atoms with Gasteiger partial charge in [-0.2, -0.15) is 0 Å². The second-order valence-corrected chi connectivity index (χ2v) is 5.06. The summed E-state index contributed by atoms with van der Waals surface area (Å²) >= 11 is 0. The second-order valence-electron chi connectivity index (χ2n) is 5.06. The monoisotopic (exact) mass is 280 g/mol. The van der Waals surface area contributed by atoms with Crippen LogP contribution in [0.3, 0.4) is 0 Å². The molecule has 1 amide bonds. The fraction of sp³-hybridized carbons (Fsp3) is 0.533. The number of carbonyl (C=O) groups excluding carboxylic acids is 1. The van der Waals surface area contributed by atoms with Crippen LogP contribution in [-0.2, 0) is 4.79 Å². The van der Waals surface area contributed by atoms with E-state index >= 15 is 0 Å². The molecule has 0 bridgehead atoms. The van der Waals surface area contributed by atoms with Crippen molar-refractivity contribution in [2.24, 2.45) is 0 Å². The molecule has 2 rings (SSSR count). The van der Waals surface area contributed by atoms with E-state index in [1.54, 1.807) is 24.1 Å². The first-order valence-electron chi connectivity index (χ1n) is 7.03. The first-order valence-corrected chi connectivity index (χ1v) is 7.03. The van der Waals surface area contributed by atoms with Gasteiger partial charge in [0.05, 0.1) is 12.6 Å². The molecule has 1 aromatic carbocycles. The summed E-state index contributed by atoms with van der Waals surface area (Å²) in [7, 11) is 1.78. The van der Waals surface area contributed by atoms with Gasteiger partial charge in [-0.1, -0.05) is 6.42 Å². The zero-order valence-electron chi connectivity index (χ0n) is 11.8. The number of nitrogens with zero attached hydrogens (tertiary/aromatic N) is 1. The van der Waals surface area contributed by atoms with Gasteiger partial charge in [0.15, 0.2) is 0 Å². The Morgan fingerprint density at radius 2 is 2.15 bits per heavy atom. The number of piperidine rings is 1. The number of nitrogens with one attached hydrogen (secondary N) is 1. The van der Waals surface area contributed by atoms with Crippen molar-refractivity contribution in [3.05, 3.63) is 30.1 Å². The SMILES string of the molecule is CN(CCOc1ccc(F)cc1)C(=O)C1CCCCN1. The van der Waals surface area contributed by atoms with Crippen LogP contribution in [0.5, 0.6) is 5.75 Å². The van der Waals surface area contributed by atoms with Crippen LogP contribution in [0.4, 0.5) is 4.39 Å². The molecule has 1 N–H and O–H groups in total. The molecule has 0 radical (unpaired) electrons. The zero-order chi connectivity index (χ0) is 14.4. The molecule has 0 aliphatic carbocycles. The van der Waals surface area contributed by atoms with Crippen LogP contribution >= 0.6 is 0 Å². The van der Waals surface area contributed by atoms with Crippen molar-refractivity contribution in [2.45, 2.75) is 25.3 Å². The first kappa shape index (κ1) is 14.8. The maximum atomic E-state index is 12.7. The van der Waals surface area contributed by atoms with Crippen molar-refractivity contribution < 1.29 is 13.9 Å². The predicted octanol–water partition coefficient (Wildman–Crippen LogP) is 1.80. The number of hydrogen-bond acceptors (Lipinski definition) is 3. The first-order chi connectivity index (χ1) is 9.66. The van der Waals surface area contributed by atoms with Gasteiger partial charge in [0.1, 0.15) is 18.2 Å². The van der Waals surface area contributed by atoms with Gasteiger partial charge in [-0.05, 0) is 43.7 Å². The summed E-state index contributed by atoms with van der Waals surface area (Å²) in [5.41, 5.74) is 0. The van der Waals surface area contributed by atoms with Crippen LogP contribution in [0.1, 0.15) is 19.3 Å². The highest BCUT2D eigenvalue weighted by molar-refractivity contribution is 5.81. The molecule has 20 heavy (non-hydrogen) atoms. The minimum absolute atomic E-state index is 0.0560. The van der Waals surface area contributed by atoms with Gasteiger partial charge < -0.3 is 15.0 Å². The van der Waals surface area contributed by atoms with Crippen LogP contribution in [-0.4, -0.2) is 43.6 Å². The van der Waals surface area contributed by atoms with Gasteiger partial charge >= 0.3 is 0 Å². The minimum atomic E-state index is -0.284. The topological polar surface area (TPSA) is 41.6 Å². The summed E-state index contributed by atoms with van der Waals surface area (Å²) in [6.45, 7) is 1.84. The molecule has 1 aliphatic rings. The number of rotatable bonds is 5. The summed E-state index contributed by atoms with van der Waals surface area (Å²) in [6.07, 6.45) is 3.15. The lowest BCUT2D eigenvalue weighted by Gasteiger charge is -2.27. The van der Waals surface area contributed by atoms with E-state index in [2.05, 4.69) is 5.32 Å². The Morgan fingerprint density at radius 1 is 1.40 bits per heavy atom. The van der Waals surface area contributed by atoms with Crippen LogP contribution in [0, 0.1) is 5.82 Å². The van der Waals surface area contributed by atoms with E-state index in [-0.39, 0.29) is 17.8 Å². The molecule has 0 saturated carbocycles. The molecule has 1 aliphatic heterocycles. The molecule has 1 aromatic rings. The van der Waals surface area contributed by atoms with E-state index < -0.39 is 0 Å². The average Bonchev–Trinajstić information content (AvgIpc) is 2.49. The molecule has 1 saturated heterocycles. The molecule has 1 atom stereocenters. The third kappa shape index (κ3) is 4.20. The van der Waals surface area contributed by atoms with Gasteiger partial charge in [-0.25, -0.2) is 4.39 Å². The van der Waals surface area contributed by atoms with E-state index in [1.165, 1.54) is 12.1 Å². The smallest absolute Gasteiger partial charge is 0.239 e. The summed E-state index contributed by atoms with van der Waals surface area (Å²) < 4.78 is 18.2. The second kappa shape index (κ2) is 7.24. The lowest BCUT2D eigenvalue weighted by atomic mass is 10.0. The van der Waals surface area contributed by atoms with E-state index in [9.17, 15) is 9.18 Å². The van der Waals surface area contributed by atoms with Crippen LogP contribution < -0.4 is 10.1 Å². The van der Waals surface area contributed by atoms with Gasteiger partial charge in [0.2, 0.25) is 5.91 Å². The maximum absolute atomic E-state index is 12.7. The lowest BCUT2D eigenvalue weighted by Crippen LogP contribution is -2.48. The Labute approximate surface area is 118 Å². The van der Waals surface area contributed by atoms with Crippen LogP contribution in [0.25, 0.3) is 0 Å². The van der Waals surface area contributed by atoms with Crippen molar-refractivity contribution >= 4 is 5.91 Å². The Kier molecular flexibility index (Phi) is 5.35. The third-order valence-electron chi connectivity index (χ3n) is 3.49. The molecule has 1 heterocycles. The van der Waals surface area contributed by atoms with Gasteiger partial charge in [-0.3, -0.25) is 4.79 Å². The van der Waals surface area contributed by atoms with Crippen LogP contribution in [0.15, 0.2) is 24.3 Å². The summed E-state index contributed by atoms with van der Waals surface area (Å²) in [5.74, 6) is 0.448. The summed E-state index contributed by atoms with van der Waals surface area (Å²) in [6, 6.07) is 5.82. The van der Waals surface area contributed by atoms with Crippen LogP contribution in [0.2, 0.25) is 0 Å². The molecule has 1 unspecified atom stereocenters. The van der Waals surface area contributed by atoms with Gasteiger partial charge in [0, 0.05) is 7.05 Å². The van der Waals surface area contributed by atoms with Gasteiger partial charge in [0.25, 0.3) is 0 Å². The van der Waals surface area contributed by atoms with Gasteiger partial charge in [-0.15, -0.1) is 0 Å². The van der Waals surface area contributed by atoms with E-state index in [4.69, 9.17) is 4.74 Å². The Balaban J connectivity index is 1.72. The highest BCUT2D eigenvalue weighted by Crippen LogP contribution is 2.12. The molecule has 5 heteroatoms. The number of hydrogen-bond donors (Lipinski definition) is 1. The normalized spacial score (nSPS) is 18.6. The number of halogens is 1. The van der Waals surface area contributed by atoms with Crippen molar-refractivity contribution in [3.8, 4) is 5.75 Å². The predicted molar refractivity (Wildman–Crippen MR) is 75.2 cm³/mol. The lowest BCUT2D eigenvalue weighted by molar-refractivity contribution is -0.133. The quantitative estimate of drug-likeness (QED) is 0.894. The van der Waals surface area contributed by atoms with Crippen molar-refractivity contribution in [1.82, 2.24) is 10.2 Å². The molecular weight excluding hydrogens is 259 g/mol. The number of carbonyl (C=O) groups is 1. The van der Waals surface area contributed by atoms with E-state index in [0.717, 1.165) is 25.8 Å². The molecular formula is C15H21FN2O2. The number of amides is 1. The highest BCUT2D eigenvalue weighted by atomic mass is 19.1. The third-order valence-corrected chi connectivity index (χ3v) is 3.49. The maximum Gasteiger partial charge on any atom is 0.239 e. The molecule has 110 valence electrons. The molecule has 4 nitrogen and oxygen atoms in total. The average molecular weight is 280 g/mol. The summed E-state index contributed by atoms with van der Waals surface area (Å²) in [5, 5.41) is 3.24. The largest absolute Gasteiger partial charge is 0.492 e. The molecule has 1 fully saturated rings. The van der Waals surface area contributed by atoms with E-state index in [1.807, 2.05) is 0 Å². The summed E-state index contributed by atoms with van der Waals surface area (Å²) in [4.78, 5) is 13.8. The fourth-order valence-corrected chi connectivity index (χ4v) is 2.27. The molecule has 0 spiro atoms. The number of likely N-dealkylation sites (N-methyl/N-ethyl adjacent to an activating group) is 1. The minimum Gasteiger partial charge on any atom is -0.492 e. The Morgan fingerprint density at radius 3 is 2.80 bits per heavy atom. The molecule has 0 aromatic heterocycles. The standard InChI is InChI=1S/C15H21FN2O2/c1-18(15(19)14-4-2-3-9-17-14)10-11-20-13-7-5-12(16)6-8-13/h5-8,14,17H,2-4,9-11H2,1H3. The van der Waals surface area contributed by atoms with Crippen molar-refractivity contribution in [3.63, 3.8) is 0 Å². The Bertz CT molecular complexity index is 430. The van der Waals surface area contributed by atoms with Crippen molar-refractivity contribution in [1.29, 1.82) is 0 Å². The zero-order valence-corrected chi connectivity index (χ0v) is 11.8. The Hall–Kier alpha value is -1.62. The highest BCUT2D eigenvalue weighted by Gasteiger charge is 2.23. The number of benzene rings is 1. The fourth-order valence-electron chi connectivity index (χ4n) is 2.27. The van der Waals surface area contributed by atoms with Crippen molar-refractivity contribution in [2.75, 3.05) is 26.7 Å². The number of ether oxygens (including phenoxy) is 1.